The van der Waals surface area contributed by atoms with Gasteiger partial charge in [0.2, 0.25) is 0 Å². The second-order valence-corrected chi connectivity index (χ2v) is 7.27. The van der Waals surface area contributed by atoms with Gasteiger partial charge in [-0.3, -0.25) is 0 Å². The van der Waals surface area contributed by atoms with Gasteiger partial charge >= 0.3 is 6.18 Å². The molecule has 29 heavy (non-hydrogen) atoms. The highest BCUT2D eigenvalue weighted by Gasteiger charge is 2.31. The van der Waals surface area contributed by atoms with Gasteiger partial charge in [-0.25, -0.2) is 0 Å². The number of nitrogens with zero attached hydrogens (tertiary/aromatic N) is 2. The van der Waals surface area contributed by atoms with E-state index >= 15 is 0 Å². The summed E-state index contributed by atoms with van der Waals surface area (Å²) in [5, 5.41) is 32.8. The van der Waals surface area contributed by atoms with Crippen LogP contribution >= 0.6 is 0 Å². The molecule has 9 heteroatoms. The van der Waals surface area contributed by atoms with Crippen molar-refractivity contribution >= 4 is 5.82 Å². The van der Waals surface area contributed by atoms with Crippen LogP contribution in [-0.2, 0) is 6.18 Å². The summed E-state index contributed by atoms with van der Waals surface area (Å²) in [4.78, 5) is 0. The fraction of sp³-hybridized carbons (Fsp3) is 0.500. The van der Waals surface area contributed by atoms with Gasteiger partial charge in [0.05, 0.1) is 11.3 Å². The molecule has 1 aliphatic rings. The number of piperidine rings is 1. The Hall–Kier alpha value is -2.39. The van der Waals surface area contributed by atoms with Crippen molar-refractivity contribution in [1.29, 1.82) is 0 Å². The molecule has 1 saturated heterocycles. The number of anilines is 1. The molecule has 0 bridgehead atoms. The Labute approximate surface area is 168 Å². The molecule has 2 heterocycles. The number of aliphatic hydroxyl groups excluding tert-OH is 1. The number of alkyl halides is 3. The Kier molecular flexibility index (Phi) is 7.80. The predicted molar refractivity (Wildman–Crippen MR) is 106 cm³/mol. The van der Waals surface area contributed by atoms with Crippen LogP contribution in [-0.4, -0.2) is 45.6 Å². The molecule has 1 unspecified atom stereocenters. The first-order valence-corrected chi connectivity index (χ1v) is 9.48. The lowest BCUT2D eigenvalue weighted by atomic mass is 10.0. The number of halogens is 3. The average Bonchev–Trinajstić information content (AvgIpc) is 2.62. The lowest BCUT2D eigenvalue weighted by Crippen LogP contribution is -2.38. The summed E-state index contributed by atoms with van der Waals surface area (Å²) in [6.07, 6.45) is -2.55. The van der Waals surface area contributed by atoms with Gasteiger partial charge in [-0.2, -0.15) is 13.2 Å². The molecule has 1 atom stereocenters. The Morgan fingerprint density at radius 1 is 1.21 bits per heavy atom. The third-order valence-corrected chi connectivity index (χ3v) is 4.21. The lowest BCUT2D eigenvalue weighted by Gasteiger charge is -2.24. The van der Waals surface area contributed by atoms with Crippen LogP contribution in [0, 0.1) is 6.92 Å². The molecule has 2 aromatic rings. The predicted octanol–water partition coefficient (Wildman–Crippen LogP) is 3.73. The number of aromatic hydroxyl groups is 1. The van der Waals surface area contributed by atoms with Gasteiger partial charge in [0.25, 0.3) is 0 Å². The Morgan fingerprint density at radius 3 is 2.41 bits per heavy atom. The first kappa shape index (κ1) is 22.9. The quantitative estimate of drug-likeness (QED) is 0.614. The monoisotopic (exact) mass is 412 g/mol. The van der Waals surface area contributed by atoms with E-state index in [1.54, 1.807) is 26.8 Å². The van der Waals surface area contributed by atoms with E-state index in [2.05, 4.69) is 20.8 Å². The number of aromatic nitrogens is 2. The maximum Gasteiger partial charge on any atom is 0.416 e. The molecule has 0 aliphatic carbocycles. The fourth-order valence-corrected chi connectivity index (χ4v) is 2.91. The highest BCUT2D eigenvalue weighted by Crippen LogP contribution is 2.36. The summed E-state index contributed by atoms with van der Waals surface area (Å²) < 4.78 is 38.1. The SMILES string of the molecule is CC(C)O.Cc1cc(NC2CCCNC2)nnc1-c1ccc(C(F)(F)F)cc1O. The van der Waals surface area contributed by atoms with Crippen LogP contribution in [0.25, 0.3) is 11.3 Å². The number of phenols is 1. The molecule has 0 amide bonds. The van der Waals surface area contributed by atoms with E-state index in [-0.39, 0.29) is 17.7 Å². The van der Waals surface area contributed by atoms with Gasteiger partial charge in [0.1, 0.15) is 11.6 Å². The number of hydrogen-bond acceptors (Lipinski definition) is 6. The molecule has 0 spiro atoms. The number of aliphatic hydroxyl groups is 1. The minimum atomic E-state index is -4.50. The standard InChI is InChI=1S/C17H19F3N4O.C3H8O/c1-10-7-15(22-12-3-2-6-21-9-12)23-24-16(10)13-5-4-11(8-14(13)25)17(18,19)20;1-3(2)4/h4-5,7-8,12,21,25H,2-3,6,9H2,1H3,(H,22,23);3-4H,1-2H3. The first-order chi connectivity index (χ1) is 13.6. The van der Waals surface area contributed by atoms with Crippen LogP contribution < -0.4 is 10.6 Å². The minimum absolute atomic E-state index is 0.167. The number of nitrogens with one attached hydrogen (secondary N) is 2. The zero-order valence-corrected chi connectivity index (χ0v) is 16.7. The van der Waals surface area contributed by atoms with Gasteiger partial charge in [-0.15, -0.1) is 10.2 Å². The van der Waals surface area contributed by atoms with Crippen molar-refractivity contribution in [3.8, 4) is 17.0 Å². The van der Waals surface area contributed by atoms with Crippen molar-refractivity contribution in [1.82, 2.24) is 15.5 Å². The topological polar surface area (TPSA) is 90.3 Å². The Morgan fingerprint density at radius 2 is 1.90 bits per heavy atom. The van der Waals surface area contributed by atoms with E-state index in [4.69, 9.17) is 5.11 Å². The molecule has 1 aromatic carbocycles. The van der Waals surface area contributed by atoms with Crippen LogP contribution in [0.2, 0.25) is 0 Å². The van der Waals surface area contributed by atoms with Gasteiger partial charge in [-0.05, 0) is 70.0 Å². The zero-order valence-electron chi connectivity index (χ0n) is 16.7. The Balaban J connectivity index is 0.000000687. The van der Waals surface area contributed by atoms with Crippen LogP contribution in [0.4, 0.5) is 19.0 Å². The molecular formula is C20H27F3N4O2. The van der Waals surface area contributed by atoms with Crippen LogP contribution in [0.3, 0.4) is 0 Å². The summed E-state index contributed by atoms with van der Waals surface area (Å²) in [5.41, 5.74) is 0.404. The van der Waals surface area contributed by atoms with Crippen molar-refractivity contribution in [2.24, 2.45) is 0 Å². The summed E-state index contributed by atoms with van der Waals surface area (Å²) in [6.45, 7) is 7.09. The largest absolute Gasteiger partial charge is 0.507 e. The number of rotatable bonds is 3. The Bertz CT molecular complexity index is 804. The number of hydrogen-bond donors (Lipinski definition) is 4. The summed E-state index contributed by atoms with van der Waals surface area (Å²) in [5.74, 6) is 0.144. The third-order valence-electron chi connectivity index (χ3n) is 4.21. The van der Waals surface area contributed by atoms with E-state index in [0.29, 0.717) is 17.6 Å². The zero-order chi connectivity index (χ0) is 21.6. The first-order valence-electron chi connectivity index (χ1n) is 9.48. The van der Waals surface area contributed by atoms with E-state index in [9.17, 15) is 18.3 Å². The van der Waals surface area contributed by atoms with Gasteiger partial charge in [0, 0.05) is 24.3 Å². The molecular weight excluding hydrogens is 385 g/mol. The molecule has 0 radical (unpaired) electrons. The maximum atomic E-state index is 12.7. The highest BCUT2D eigenvalue weighted by atomic mass is 19.4. The highest BCUT2D eigenvalue weighted by molar-refractivity contribution is 5.70. The van der Waals surface area contributed by atoms with Gasteiger partial charge < -0.3 is 20.8 Å². The molecule has 1 aliphatic heterocycles. The smallest absolute Gasteiger partial charge is 0.416 e. The molecule has 1 aromatic heterocycles. The molecule has 0 saturated carbocycles. The van der Waals surface area contributed by atoms with Gasteiger partial charge in [-0.1, -0.05) is 0 Å². The van der Waals surface area contributed by atoms with Gasteiger partial charge in [0.15, 0.2) is 0 Å². The van der Waals surface area contributed by atoms with Crippen molar-refractivity contribution in [3.63, 3.8) is 0 Å². The molecule has 6 nitrogen and oxygen atoms in total. The van der Waals surface area contributed by atoms with Crippen molar-refractivity contribution in [3.05, 3.63) is 35.4 Å². The summed E-state index contributed by atoms with van der Waals surface area (Å²) in [7, 11) is 0. The second-order valence-electron chi connectivity index (χ2n) is 7.27. The number of aryl methyl sites for hydroxylation is 1. The normalized spacial score (nSPS) is 16.9. The second kappa shape index (κ2) is 9.89. The van der Waals surface area contributed by atoms with Crippen LogP contribution in [0.15, 0.2) is 24.3 Å². The van der Waals surface area contributed by atoms with E-state index < -0.39 is 17.5 Å². The van der Waals surface area contributed by atoms with Crippen LogP contribution in [0.1, 0.15) is 37.8 Å². The maximum absolute atomic E-state index is 12.7. The molecule has 4 N–H and O–H groups in total. The van der Waals surface area contributed by atoms with Crippen molar-refractivity contribution in [2.45, 2.75) is 51.9 Å². The third kappa shape index (κ3) is 6.86. The average molecular weight is 412 g/mol. The number of phenolic OH excluding ortho intramolecular Hbond substituents is 1. The summed E-state index contributed by atoms with van der Waals surface area (Å²) in [6, 6.07) is 4.90. The minimum Gasteiger partial charge on any atom is -0.507 e. The lowest BCUT2D eigenvalue weighted by molar-refractivity contribution is -0.137. The number of benzene rings is 1. The summed E-state index contributed by atoms with van der Waals surface area (Å²) >= 11 is 0. The fourth-order valence-electron chi connectivity index (χ4n) is 2.91. The van der Waals surface area contributed by atoms with Crippen molar-refractivity contribution in [2.75, 3.05) is 18.4 Å². The molecule has 160 valence electrons. The van der Waals surface area contributed by atoms with E-state index in [1.165, 1.54) is 6.07 Å². The van der Waals surface area contributed by atoms with E-state index in [1.807, 2.05) is 0 Å². The van der Waals surface area contributed by atoms with E-state index in [0.717, 1.165) is 37.6 Å². The molecule has 3 rings (SSSR count). The van der Waals surface area contributed by atoms with Crippen LogP contribution in [0.5, 0.6) is 5.75 Å². The molecule has 1 fully saturated rings. The van der Waals surface area contributed by atoms with Crippen molar-refractivity contribution < 1.29 is 23.4 Å².